The number of halogens is 1. The predicted octanol–water partition coefficient (Wildman–Crippen LogP) is 2.97. The van der Waals surface area contributed by atoms with Crippen LogP contribution < -0.4 is 4.74 Å². The topological polar surface area (TPSA) is 31.2 Å². The van der Waals surface area contributed by atoms with Gasteiger partial charge >= 0.3 is 0 Å². The van der Waals surface area contributed by atoms with Crippen LogP contribution in [0.5, 0.6) is 5.75 Å². The van der Waals surface area contributed by atoms with E-state index in [4.69, 9.17) is 16.3 Å². The molecule has 0 amide bonds. The summed E-state index contributed by atoms with van der Waals surface area (Å²) in [7, 11) is 1.60. The van der Waals surface area contributed by atoms with E-state index in [9.17, 15) is 4.79 Å². The van der Waals surface area contributed by atoms with Gasteiger partial charge in [-0.05, 0) is 36.4 Å². The first kappa shape index (κ1) is 12.7. The van der Waals surface area contributed by atoms with E-state index in [0.29, 0.717) is 23.7 Å². The minimum atomic E-state index is -0.00669. The standard InChI is InChI=1S/C14H14ClNO2/c1-18-12-6-4-11(5-7-12)14(17)13-3-2-9-16(13)10-8-15/h2-7,9H,8,10H2,1H3. The maximum atomic E-state index is 12.3. The van der Waals surface area contributed by atoms with Gasteiger partial charge in [-0.3, -0.25) is 4.79 Å². The summed E-state index contributed by atoms with van der Waals surface area (Å²) in [4.78, 5) is 12.3. The SMILES string of the molecule is COc1ccc(C(=O)c2cccn2CCCl)cc1. The molecule has 0 aliphatic rings. The predicted molar refractivity (Wildman–Crippen MR) is 71.6 cm³/mol. The Morgan fingerprint density at radius 3 is 2.61 bits per heavy atom. The highest BCUT2D eigenvalue weighted by atomic mass is 35.5. The van der Waals surface area contributed by atoms with Crippen LogP contribution in [-0.2, 0) is 6.54 Å². The summed E-state index contributed by atoms with van der Waals surface area (Å²) in [6, 6.07) is 10.7. The van der Waals surface area contributed by atoms with E-state index >= 15 is 0 Å². The van der Waals surface area contributed by atoms with Gasteiger partial charge in [0.15, 0.2) is 0 Å². The third kappa shape index (κ3) is 2.57. The molecule has 0 saturated carbocycles. The number of ketones is 1. The smallest absolute Gasteiger partial charge is 0.209 e. The Morgan fingerprint density at radius 2 is 2.00 bits per heavy atom. The zero-order chi connectivity index (χ0) is 13.0. The molecule has 2 rings (SSSR count). The van der Waals surface area contributed by atoms with Gasteiger partial charge in [0.2, 0.25) is 5.78 Å². The lowest BCUT2D eigenvalue weighted by atomic mass is 10.1. The van der Waals surface area contributed by atoms with Crippen LogP contribution in [0.4, 0.5) is 0 Å². The largest absolute Gasteiger partial charge is 0.497 e. The van der Waals surface area contributed by atoms with Crippen LogP contribution in [0.3, 0.4) is 0 Å². The molecule has 1 aromatic carbocycles. The maximum Gasteiger partial charge on any atom is 0.209 e. The van der Waals surface area contributed by atoms with Crippen LogP contribution in [0.2, 0.25) is 0 Å². The van der Waals surface area contributed by atoms with Crippen molar-refractivity contribution in [2.24, 2.45) is 0 Å². The first-order valence-corrected chi connectivity index (χ1v) is 6.19. The molecule has 1 heterocycles. The van der Waals surface area contributed by atoms with Crippen LogP contribution in [0.25, 0.3) is 0 Å². The van der Waals surface area contributed by atoms with Crippen molar-refractivity contribution in [1.29, 1.82) is 0 Å². The van der Waals surface area contributed by atoms with E-state index in [1.807, 2.05) is 16.8 Å². The normalized spacial score (nSPS) is 10.3. The van der Waals surface area contributed by atoms with Gasteiger partial charge in [0.1, 0.15) is 5.75 Å². The van der Waals surface area contributed by atoms with Crippen molar-refractivity contribution in [1.82, 2.24) is 4.57 Å². The Balaban J connectivity index is 2.26. The lowest BCUT2D eigenvalue weighted by Gasteiger charge is -2.07. The molecule has 0 unspecified atom stereocenters. The molecule has 94 valence electrons. The monoisotopic (exact) mass is 263 g/mol. The second-order valence-electron chi connectivity index (χ2n) is 3.83. The second-order valence-corrected chi connectivity index (χ2v) is 4.21. The first-order chi connectivity index (χ1) is 8.76. The molecule has 0 N–H and O–H groups in total. The average Bonchev–Trinajstić information content (AvgIpc) is 2.87. The number of hydrogen-bond acceptors (Lipinski definition) is 2. The van der Waals surface area contributed by atoms with Crippen LogP contribution in [0.15, 0.2) is 42.6 Å². The van der Waals surface area contributed by atoms with Gasteiger partial charge in [0.25, 0.3) is 0 Å². The Morgan fingerprint density at radius 1 is 1.28 bits per heavy atom. The quantitative estimate of drug-likeness (QED) is 0.613. The van der Waals surface area contributed by atoms with Crippen molar-refractivity contribution in [3.05, 3.63) is 53.9 Å². The second kappa shape index (κ2) is 5.74. The van der Waals surface area contributed by atoms with E-state index in [1.54, 1.807) is 37.4 Å². The molecule has 3 nitrogen and oxygen atoms in total. The zero-order valence-corrected chi connectivity index (χ0v) is 10.9. The van der Waals surface area contributed by atoms with Gasteiger partial charge in [0.05, 0.1) is 12.8 Å². The average molecular weight is 264 g/mol. The number of benzene rings is 1. The third-order valence-corrected chi connectivity index (χ3v) is 2.91. The van der Waals surface area contributed by atoms with Gasteiger partial charge in [-0.25, -0.2) is 0 Å². The lowest BCUT2D eigenvalue weighted by Crippen LogP contribution is -2.10. The van der Waals surface area contributed by atoms with Crippen LogP contribution in [0, 0.1) is 0 Å². The van der Waals surface area contributed by atoms with Crippen molar-refractivity contribution >= 4 is 17.4 Å². The van der Waals surface area contributed by atoms with Gasteiger partial charge < -0.3 is 9.30 Å². The molecule has 4 heteroatoms. The molecular weight excluding hydrogens is 250 g/mol. The highest BCUT2D eigenvalue weighted by Crippen LogP contribution is 2.15. The third-order valence-electron chi connectivity index (χ3n) is 2.74. The molecule has 2 aromatic rings. The Bertz CT molecular complexity index is 531. The van der Waals surface area contributed by atoms with Crippen molar-refractivity contribution < 1.29 is 9.53 Å². The molecule has 0 radical (unpaired) electrons. The van der Waals surface area contributed by atoms with Crippen LogP contribution >= 0.6 is 11.6 Å². The van der Waals surface area contributed by atoms with Gasteiger partial charge in [-0.2, -0.15) is 0 Å². The molecular formula is C14H14ClNO2. The number of ether oxygens (including phenoxy) is 1. The van der Waals surface area contributed by atoms with Crippen molar-refractivity contribution in [3.8, 4) is 5.75 Å². The highest BCUT2D eigenvalue weighted by molar-refractivity contribution is 6.17. The summed E-state index contributed by atoms with van der Waals surface area (Å²) in [6.45, 7) is 0.631. The first-order valence-electron chi connectivity index (χ1n) is 5.66. The summed E-state index contributed by atoms with van der Waals surface area (Å²) >= 11 is 5.71. The molecule has 0 spiro atoms. The number of aromatic nitrogens is 1. The number of rotatable bonds is 5. The molecule has 0 fully saturated rings. The van der Waals surface area contributed by atoms with Crippen molar-refractivity contribution in [2.75, 3.05) is 13.0 Å². The number of hydrogen-bond donors (Lipinski definition) is 0. The van der Waals surface area contributed by atoms with E-state index in [2.05, 4.69) is 0 Å². The molecule has 1 aromatic heterocycles. The fraction of sp³-hybridized carbons (Fsp3) is 0.214. The van der Waals surface area contributed by atoms with Gasteiger partial charge in [0, 0.05) is 24.2 Å². The molecule has 0 bridgehead atoms. The molecule has 18 heavy (non-hydrogen) atoms. The minimum absolute atomic E-state index is 0.00669. The van der Waals surface area contributed by atoms with E-state index < -0.39 is 0 Å². The number of alkyl halides is 1. The summed E-state index contributed by atoms with van der Waals surface area (Å²) in [5.74, 6) is 1.22. The van der Waals surface area contributed by atoms with Crippen LogP contribution in [0.1, 0.15) is 16.1 Å². The number of aryl methyl sites for hydroxylation is 1. The zero-order valence-electron chi connectivity index (χ0n) is 10.1. The molecule has 0 aliphatic heterocycles. The fourth-order valence-electron chi connectivity index (χ4n) is 1.80. The minimum Gasteiger partial charge on any atom is -0.497 e. The Labute approximate surface area is 111 Å². The van der Waals surface area contributed by atoms with Crippen molar-refractivity contribution in [3.63, 3.8) is 0 Å². The summed E-state index contributed by atoms with van der Waals surface area (Å²) in [5.41, 5.74) is 1.30. The lowest BCUT2D eigenvalue weighted by molar-refractivity contribution is 0.103. The number of carbonyl (C=O) groups excluding carboxylic acids is 1. The Kier molecular flexibility index (Phi) is 4.05. The summed E-state index contributed by atoms with van der Waals surface area (Å²) < 4.78 is 6.93. The molecule has 0 atom stereocenters. The molecule has 0 saturated heterocycles. The maximum absolute atomic E-state index is 12.3. The van der Waals surface area contributed by atoms with E-state index in [-0.39, 0.29) is 5.78 Å². The summed E-state index contributed by atoms with van der Waals surface area (Å²) in [6.07, 6.45) is 1.86. The van der Waals surface area contributed by atoms with E-state index in [1.165, 1.54) is 0 Å². The number of nitrogens with zero attached hydrogens (tertiary/aromatic N) is 1. The van der Waals surface area contributed by atoms with Crippen molar-refractivity contribution in [2.45, 2.75) is 6.54 Å². The highest BCUT2D eigenvalue weighted by Gasteiger charge is 2.12. The van der Waals surface area contributed by atoms with Crippen LogP contribution in [-0.4, -0.2) is 23.3 Å². The fourth-order valence-corrected chi connectivity index (χ4v) is 1.98. The van der Waals surface area contributed by atoms with Gasteiger partial charge in [-0.15, -0.1) is 11.6 Å². The number of carbonyl (C=O) groups is 1. The van der Waals surface area contributed by atoms with E-state index in [0.717, 1.165) is 5.75 Å². The molecule has 0 aliphatic carbocycles. The Hall–Kier alpha value is -1.74. The summed E-state index contributed by atoms with van der Waals surface area (Å²) in [5, 5.41) is 0. The van der Waals surface area contributed by atoms with Gasteiger partial charge in [-0.1, -0.05) is 0 Å². The number of methoxy groups -OCH3 is 1.